The van der Waals surface area contributed by atoms with E-state index in [1.54, 1.807) is 33.8 Å². The monoisotopic (exact) mass is 569 g/mol. The molecule has 0 spiro atoms. The Morgan fingerprint density at radius 3 is 2.29 bits per heavy atom. The van der Waals surface area contributed by atoms with Gasteiger partial charge in [0.05, 0.1) is 19.6 Å². The van der Waals surface area contributed by atoms with E-state index in [1.165, 1.54) is 4.90 Å². The summed E-state index contributed by atoms with van der Waals surface area (Å²) in [7, 11) is 0. The van der Waals surface area contributed by atoms with E-state index in [0.717, 1.165) is 16.7 Å². The second-order valence-corrected chi connectivity index (χ2v) is 10.8. The van der Waals surface area contributed by atoms with Gasteiger partial charge in [0.2, 0.25) is 11.8 Å². The summed E-state index contributed by atoms with van der Waals surface area (Å²) < 4.78 is 10.4. The van der Waals surface area contributed by atoms with Crippen molar-refractivity contribution in [2.75, 3.05) is 26.3 Å². The fraction of sp³-hybridized carbons (Fsp3) is 0.484. The normalized spacial score (nSPS) is 12.6. The van der Waals surface area contributed by atoms with Crippen LogP contribution in [0.2, 0.25) is 0 Å². The highest BCUT2D eigenvalue weighted by molar-refractivity contribution is 5.92. The summed E-state index contributed by atoms with van der Waals surface area (Å²) in [5.41, 5.74) is 2.29. The van der Waals surface area contributed by atoms with E-state index >= 15 is 0 Å². The second kappa shape index (κ2) is 15.8. The smallest absolute Gasteiger partial charge is 0.408 e. The van der Waals surface area contributed by atoms with Gasteiger partial charge in [0.15, 0.2) is 0 Å². The minimum absolute atomic E-state index is 0.00380. The van der Waals surface area contributed by atoms with Crippen LogP contribution in [-0.4, -0.2) is 71.8 Å². The molecule has 2 unspecified atom stereocenters. The van der Waals surface area contributed by atoms with Crippen molar-refractivity contribution in [3.8, 4) is 0 Å². The molecule has 2 aromatic carbocycles. The maximum Gasteiger partial charge on any atom is 0.408 e. The summed E-state index contributed by atoms with van der Waals surface area (Å²) in [6.45, 7) is 10.2. The number of esters is 1. The van der Waals surface area contributed by atoms with Crippen molar-refractivity contribution in [1.29, 1.82) is 0 Å². The molecule has 0 saturated carbocycles. The fourth-order valence-corrected chi connectivity index (χ4v) is 4.37. The van der Waals surface area contributed by atoms with Crippen molar-refractivity contribution in [2.24, 2.45) is 0 Å². The predicted molar refractivity (Wildman–Crippen MR) is 155 cm³/mol. The zero-order chi connectivity index (χ0) is 30.6. The number of carbonyl (C=O) groups excluding carboxylic acids is 4. The molecule has 0 heterocycles. The Morgan fingerprint density at radius 2 is 1.71 bits per heavy atom. The van der Waals surface area contributed by atoms with E-state index in [0.29, 0.717) is 5.56 Å². The highest BCUT2D eigenvalue weighted by Gasteiger charge is 2.36. The van der Waals surface area contributed by atoms with Crippen LogP contribution in [0.3, 0.4) is 0 Å². The van der Waals surface area contributed by atoms with Crippen molar-refractivity contribution in [1.82, 2.24) is 15.5 Å². The van der Waals surface area contributed by atoms with Gasteiger partial charge in [0.25, 0.3) is 0 Å². The van der Waals surface area contributed by atoms with Gasteiger partial charge in [-0.3, -0.25) is 14.4 Å². The summed E-state index contributed by atoms with van der Waals surface area (Å²) in [6.07, 6.45) is -0.688. The quantitative estimate of drug-likeness (QED) is 0.315. The van der Waals surface area contributed by atoms with E-state index < -0.39 is 48.2 Å². The lowest BCUT2D eigenvalue weighted by molar-refractivity contribution is -0.144. The lowest BCUT2D eigenvalue weighted by Gasteiger charge is -2.35. The average Bonchev–Trinajstić information content (AvgIpc) is 2.88. The molecular formula is C31H43N3O7. The van der Waals surface area contributed by atoms with Crippen molar-refractivity contribution < 1.29 is 33.8 Å². The Bertz CT molecular complexity index is 1180. The van der Waals surface area contributed by atoms with Crippen LogP contribution in [0.1, 0.15) is 62.4 Å². The van der Waals surface area contributed by atoms with Crippen LogP contribution in [0.25, 0.3) is 0 Å². The minimum Gasteiger partial charge on any atom is -0.466 e. The summed E-state index contributed by atoms with van der Waals surface area (Å²) >= 11 is 0. The highest BCUT2D eigenvalue weighted by atomic mass is 16.6. The van der Waals surface area contributed by atoms with Gasteiger partial charge in [0.1, 0.15) is 17.7 Å². The third-order valence-electron chi connectivity index (χ3n) is 6.11. The number of benzene rings is 2. The zero-order valence-electron chi connectivity index (χ0n) is 24.9. The molecule has 224 valence electrons. The van der Waals surface area contributed by atoms with E-state index in [9.17, 15) is 24.3 Å². The van der Waals surface area contributed by atoms with Crippen LogP contribution in [0.5, 0.6) is 0 Å². The standard InChI is InChI=1S/C31H43N3O7/c1-7-40-26(36)15-16-32-28(37)27(24-14-13-21(2)19-22(24)3)34(17-18-35)29(38)25(20-23-11-9-8-10-12-23)33-30(39)41-31(4,5)6/h8-14,19,25,27,35H,7,15-18,20H2,1-6H3,(H,32,37)(H,33,39). The topological polar surface area (TPSA) is 134 Å². The molecule has 10 heteroatoms. The zero-order valence-corrected chi connectivity index (χ0v) is 24.9. The fourth-order valence-electron chi connectivity index (χ4n) is 4.37. The van der Waals surface area contributed by atoms with Gasteiger partial charge in [-0.1, -0.05) is 54.1 Å². The van der Waals surface area contributed by atoms with Crippen LogP contribution in [0.4, 0.5) is 4.79 Å². The SMILES string of the molecule is CCOC(=O)CCNC(=O)C(c1ccc(C)cc1C)N(CCO)C(=O)C(Cc1ccccc1)NC(=O)OC(C)(C)C. The van der Waals surface area contributed by atoms with Crippen molar-refractivity contribution in [2.45, 2.75) is 72.1 Å². The number of amides is 3. The molecule has 3 N–H and O–H groups in total. The van der Waals surface area contributed by atoms with Gasteiger partial charge < -0.3 is 30.1 Å². The second-order valence-electron chi connectivity index (χ2n) is 10.8. The number of hydrogen-bond acceptors (Lipinski definition) is 7. The number of nitrogens with one attached hydrogen (secondary N) is 2. The molecule has 41 heavy (non-hydrogen) atoms. The van der Waals surface area contributed by atoms with Gasteiger partial charge in [-0.25, -0.2) is 4.79 Å². The largest absolute Gasteiger partial charge is 0.466 e. The van der Waals surface area contributed by atoms with Gasteiger partial charge in [0, 0.05) is 19.5 Å². The lowest BCUT2D eigenvalue weighted by Crippen LogP contribution is -2.54. The molecule has 2 atom stereocenters. The van der Waals surface area contributed by atoms with Gasteiger partial charge in [-0.2, -0.15) is 0 Å². The molecule has 2 rings (SSSR count). The highest BCUT2D eigenvalue weighted by Crippen LogP contribution is 2.27. The van der Waals surface area contributed by atoms with Crippen molar-refractivity contribution in [3.63, 3.8) is 0 Å². The third kappa shape index (κ3) is 10.9. The Morgan fingerprint density at radius 1 is 1.02 bits per heavy atom. The first kappa shape index (κ1) is 33.3. The third-order valence-corrected chi connectivity index (χ3v) is 6.11. The molecule has 0 bridgehead atoms. The number of aryl methyl sites for hydroxylation is 2. The molecule has 0 aliphatic rings. The van der Waals surface area contributed by atoms with Crippen LogP contribution in [-0.2, 0) is 30.3 Å². The van der Waals surface area contributed by atoms with Gasteiger partial charge in [-0.05, 0) is 58.2 Å². The van der Waals surface area contributed by atoms with Crippen LogP contribution in [0, 0.1) is 13.8 Å². The van der Waals surface area contributed by atoms with Gasteiger partial charge >= 0.3 is 12.1 Å². The molecule has 0 fully saturated rings. The molecule has 10 nitrogen and oxygen atoms in total. The summed E-state index contributed by atoms with van der Waals surface area (Å²) in [5.74, 6) is -1.55. The van der Waals surface area contributed by atoms with Crippen molar-refractivity contribution in [3.05, 3.63) is 70.8 Å². The molecule has 0 saturated heterocycles. The number of carbonyl (C=O) groups is 4. The number of nitrogens with zero attached hydrogens (tertiary/aromatic N) is 1. The maximum atomic E-state index is 14.2. The molecule has 0 radical (unpaired) electrons. The summed E-state index contributed by atoms with van der Waals surface area (Å²) in [4.78, 5) is 53.8. The number of rotatable bonds is 13. The Hall–Kier alpha value is -3.92. The average molecular weight is 570 g/mol. The predicted octanol–water partition coefficient (Wildman–Crippen LogP) is 3.37. The Balaban J connectivity index is 2.49. The van der Waals surface area contributed by atoms with E-state index in [2.05, 4.69) is 10.6 Å². The number of aliphatic hydroxyl groups is 1. The van der Waals surface area contributed by atoms with E-state index in [4.69, 9.17) is 9.47 Å². The number of aliphatic hydroxyl groups excluding tert-OH is 1. The molecule has 0 aromatic heterocycles. The molecule has 0 aliphatic heterocycles. The van der Waals surface area contributed by atoms with Crippen LogP contribution < -0.4 is 10.6 Å². The van der Waals surface area contributed by atoms with Crippen molar-refractivity contribution >= 4 is 23.9 Å². The first-order valence-electron chi connectivity index (χ1n) is 13.8. The first-order valence-corrected chi connectivity index (χ1v) is 13.8. The Kier molecular flexibility index (Phi) is 12.8. The number of hydrogen-bond donors (Lipinski definition) is 3. The molecular weight excluding hydrogens is 526 g/mol. The van der Waals surface area contributed by atoms with E-state index in [-0.39, 0.29) is 32.5 Å². The molecule has 0 aliphatic carbocycles. The first-order chi connectivity index (χ1) is 19.4. The minimum atomic E-state index is -1.14. The summed E-state index contributed by atoms with van der Waals surface area (Å²) in [5, 5.41) is 15.4. The lowest BCUT2D eigenvalue weighted by atomic mass is 9.95. The molecule has 2 aromatic rings. The van der Waals surface area contributed by atoms with Gasteiger partial charge in [-0.15, -0.1) is 0 Å². The number of ether oxygens (including phenoxy) is 2. The Labute approximate surface area is 242 Å². The maximum absolute atomic E-state index is 14.2. The van der Waals surface area contributed by atoms with Crippen LogP contribution >= 0.6 is 0 Å². The van der Waals surface area contributed by atoms with Crippen LogP contribution in [0.15, 0.2) is 48.5 Å². The molecule has 3 amide bonds. The van der Waals surface area contributed by atoms with E-state index in [1.807, 2.05) is 56.3 Å². The number of alkyl carbamates (subject to hydrolysis) is 1. The summed E-state index contributed by atoms with van der Waals surface area (Å²) in [6, 6.07) is 12.4.